The van der Waals surface area contributed by atoms with Crippen molar-refractivity contribution in [2.45, 2.75) is 4.83 Å². The topological polar surface area (TPSA) is 48.9 Å². The van der Waals surface area contributed by atoms with Crippen molar-refractivity contribution in [1.82, 2.24) is 9.97 Å². The molecule has 14 heavy (non-hydrogen) atoms. The summed E-state index contributed by atoms with van der Waals surface area (Å²) in [6, 6.07) is 7.04. The largest absolute Gasteiger partial charge is 0.508 e. The Morgan fingerprint density at radius 1 is 1.29 bits per heavy atom. The minimum Gasteiger partial charge on any atom is -0.508 e. The monoisotopic (exact) mass is 252 g/mol. The van der Waals surface area contributed by atoms with E-state index in [1.165, 1.54) is 0 Å². The van der Waals surface area contributed by atoms with Crippen LogP contribution in [0.15, 0.2) is 36.7 Å². The highest BCUT2D eigenvalue weighted by Crippen LogP contribution is 2.28. The molecule has 0 bridgehead atoms. The second kappa shape index (κ2) is 3.84. The number of aromatic hydroxyl groups is 1. The van der Waals surface area contributed by atoms with Crippen LogP contribution in [0.25, 0.3) is 0 Å². The van der Waals surface area contributed by atoms with E-state index >= 15 is 0 Å². The van der Waals surface area contributed by atoms with Crippen molar-refractivity contribution in [2.24, 2.45) is 0 Å². The van der Waals surface area contributed by atoms with E-state index in [-0.39, 0.29) is 10.6 Å². The molecule has 3 nitrogen and oxygen atoms in total. The van der Waals surface area contributed by atoms with Gasteiger partial charge in [-0.05, 0) is 17.7 Å². The fourth-order valence-corrected chi connectivity index (χ4v) is 1.77. The van der Waals surface area contributed by atoms with Gasteiger partial charge in [-0.3, -0.25) is 0 Å². The van der Waals surface area contributed by atoms with Crippen LogP contribution in [0.3, 0.4) is 0 Å². The van der Waals surface area contributed by atoms with Crippen molar-refractivity contribution in [3.63, 3.8) is 0 Å². The lowest BCUT2D eigenvalue weighted by Crippen LogP contribution is -1.94. The smallest absolute Gasteiger partial charge is 0.124 e. The highest BCUT2D eigenvalue weighted by Gasteiger charge is 2.11. The SMILES string of the molecule is Oc1ccc(C(Br)c2ncc[nH]2)cc1. The van der Waals surface area contributed by atoms with Gasteiger partial charge in [-0.15, -0.1) is 0 Å². The number of hydrogen-bond acceptors (Lipinski definition) is 2. The second-order valence-electron chi connectivity index (χ2n) is 2.93. The molecular weight excluding hydrogens is 244 g/mol. The molecule has 0 saturated carbocycles. The lowest BCUT2D eigenvalue weighted by atomic mass is 10.1. The van der Waals surface area contributed by atoms with Crippen LogP contribution in [0.4, 0.5) is 0 Å². The number of imidazole rings is 1. The lowest BCUT2D eigenvalue weighted by molar-refractivity contribution is 0.475. The summed E-state index contributed by atoms with van der Waals surface area (Å²) in [6.07, 6.45) is 3.49. The van der Waals surface area contributed by atoms with Gasteiger partial charge >= 0.3 is 0 Å². The highest BCUT2D eigenvalue weighted by atomic mass is 79.9. The third kappa shape index (κ3) is 1.80. The predicted octanol–water partition coefficient (Wildman–Crippen LogP) is 2.60. The number of hydrogen-bond donors (Lipinski definition) is 2. The molecule has 72 valence electrons. The summed E-state index contributed by atoms with van der Waals surface area (Å²) in [5.41, 5.74) is 1.05. The maximum atomic E-state index is 9.13. The Hall–Kier alpha value is -1.29. The van der Waals surface area contributed by atoms with Crippen LogP contribution in [0.5, 0.6) is 5.75 Å². The van der Waals surface area contributed by atoms with Crippen molar-refractivity contribution in [2.75, 3.05) is 0 Å². The molecule has 0 radical (unpaired) electrons. The summed E-state index contributed by atoms with van der Waals surface area (Å²) in [5, 5.41) is 9.13. The Kier molecular flexibility index (Phi) is 2.54. The molecule has 0 aliphatic rings. The molecule has 4 heteroatoms. The molecule has 1 atom stereocenters. The van der Waals surface area contributed by atoms with Gasteiger partial charge in [0.05, 0.1) is 4.83 Å². The van der Waals surface area contributed by atoms with Gasteiger partial charge in [-0.2, -0.15) is 0 Å². The van der Waals surface area contributed by atoms with Crippen LogP contribution in [0.1, 0.15) is 16.2 Å². The quantitative estimate of drug-likeness (QED) is 0.808. The molecule has 2 aromatic rings. The van der Waals surface area contributed by atoms with E-state index < -0.39 is 0 Å². The first kappa shape index (κ1) is 9.27. The number of phenolic OH excluding ortho intramolecular Hbond substituents is 1. The molecule has 0 aliphatic heterocycles. The first-order valence-electron chi connectivity index (χ1n) is 4.19. The van der Waals surface area contributed by atoms with Gasteiger partial charge in [0.2, 0.25) is 0 Å². The third-order valence-corrected chi connectivity index (χ3v) is 2.91. The molecule has 1 aromatic carbocycles. The van der Waals surface area contributed by atoms with E-state index in [1.807, 2.05) is 12.1 Å². The van der Waals surface area contributed by atoms with Crippen LogP contribution >= 0.6 is 15.9 Å². The van der Waals surface area contributed by atoms with Gasteiger partial charge in [0.25, 0.3) is 0 Å². The molecule has 0 aliphatic carbocycles. The Morgan fingerprint density at radius 3 is 2.57 bits per heavy atom. The van der Waals surface area contributed by atoms with Crippen LogP contribution < -0.4 is 0 Å². The molecule has 1 unspecified atom stereocenters. The molecular formula is C10H9BrN2O. The van der Waals surface area contributed by atoms with Crippen LogP contribution in [0, 0.1) is 0 Å². The molecule has 0 saturated heterocycles. The number of aromatic nitrogens is 2. The van der Waals surface area contributed by atoms with Crippen molar-refractivity contribution >= 4 is 15.9 Å². The molecule has 1 aromatic heterocycles. The van der Waals surface area contributed by atoms with Gasteiger partial charge < -0.3 is 10.1 Å². The van der Waals surface area contributed by atoms with Gasteiger partial charge in [0.1, 0.15) is 11.6 Å². The number of H-pyrrole nitrogens is 1. The highest BCUT2D eigenvalue weighted by molar-refractivity contribution is 9.09. The minimum atomic E-state index is 0.0399. The van der Waals surface area contributed by atoms with Crippen LogP contribution in [-0.4, -0.2) is 15.1 Å². The number of halogens is 1. The first-order chi connectivity index (χ1) is 6.77. The van der Waals surface area contributed by atoms with Gasteiger partial charge in [-0.1, -0.05) is 28.1 Å². The zero-order valence-electron chi connectivity index (χ0n) is 7.31. The number of phenols is 1. The van der Waals surface area contributed by atoms with Crippen LogP contribution in [0.2, 0.25) is 0 Å². The van der Waals surface area contributed by atoms with E-state index in [4.69, 9.17) is 5.11 Å². The maximum absolute atomic E-state index is 9.13. The first-order valence-corrected chi connectivity index (χ1v) is 5.11. The summed E-state index contributed by atoms with van der Waals surface area (Å²) >= 11 is 3.52. The fourth-order valence-electron chi connectivity index (χ4n) is 1.22. The molecule has 2 N–H and O–H groups in total. The summed E-state index contributed by atoms with van der Waals surface area (Å²) in [7, 11) is 0. The van der Waals surface area contributed by atoms with Crippen molar-refractivity contribution in [3.05, 3.63) is 48.0 Å². The molecule has 1 heterocycles. The summed E-state index contributed by atoms with van der Waals surface area (Å²) < 4.78 is 0. The normalized spacial score (nSPS) is 12.6. The number of rotatable bonds is 2. The standard InChI is InChI=1S/C10H9BrN2O/c11-9(10-12-5-6-13-10)7-1-3-8(14)4-2-7/h1-6,9,14H,(H,12,13). The zero-order chi connectivity index (χ0) is 9.97. The Labute approximate surface area is 89.9 Å². The number of nitrogens with zero attached hydrogens (tertiary/aromatic N) is 1. The number of alkyl halides is 1. The Balaban J connectivity index is 2.28. The molecule has 0 amide bonds. The molecule has 0 spiro atoms. The van der Waals surface area contributed by atoms with E-state index in [0.717, 1.165) is 11.4 Å². The third-order valence-electron chi connectivity index (χ3n) is 1.95. The zero-order valence-corrected chi connectivity index (χ0v) is 8.90. The summed E-state index contributed by atoms with van der Waals surface area (Å²) in [6.45, 7) is 0. The van der Waals surface area contributed by atoms with Gasteiger partial charge in [0.15, 0.2) is 0 Å². The number of benzene rings is 1. The Bertz CT molecular complexity index is 397. The van der Waals surface area contributed by atoms with Gasteiger partial charge in [0, 0.05) is 12.4 Å². The molecule has 0 fully saturated rings. The van der Waals surface area contributed by atoms with E-state index in [2.05, 4.69) is 25.9 Å². The van der Waals surface area contributed by atoms with Gasteiger partial charge in [-0.25, -0.2) is 4.98 Å². The second-order valence-corrected chi connectivity index (χ2v) is 3.84. The summed E-state index contributed by atoms with van der Waals surface area (Å²) in [5.74, 6) is 1.13. The van der Waals surface area contributed by atoms with Crippen molar-refractivity contribution in [3.8, 4) is 5.75 Å². The van der Waals surface area contributed by atoms with Crippen molar-refractivity contribution < 1.29 is 5.11 Å². The average Bonchev–Trinajstić information content (AvgIpc) is 2.71. The average molecular weight is 253 g/mol. The molecule has 2 rings (SSSR count). The predicted molar refractivity (Wildman–Crippen MR) is 57.5 cm³/mol. The lowest BCUT2D eigenvalue weighted by Gasteiger charge is -2.06. The minimum absolute atomic E-state index is 0.0399. The fraction of sp³-hybridized carbons (Fsp3) is 0.100. The van der Waals surface area contributed by atoms with E-state index in [9.17, 15) is 0 Å². The van der Waals surface area contributed by atoms with Crippen LogP contribution in [-0.2, 0) is 0 Å². The van der Waals surface area contributed by atoms with E-state index in [0.29, 0.717) is 0 Å². The van der Waals surface area contributed by atoms with E-state index in [1.54, 1.807) is 24.5 Å². The number of nitrogens with one attached hydrogen (secondary N) is 1. The number of aromatic amines is 1. The Morgan fingerprint density at radius 2 is 2.00 bits per heavy atom. The summed E-state index contributed by atoms with van der Waals surface area (Å²) in [4.78, 5) is 7.22. The maximum Gasteiger partial charge on any atom is 0.124 e. The van der Waals surface area contributed by atoms with Crippen molar-refractivity contribution in [1.29, 1.82) is 0 Å².